The highest BCUT2D eigenvalue weighted by Gasteiger charge is 2.15. The average Bonchev–Trinajstić information content (AvgIpc) is 2.57. The monoisotopic (exact) mass is 351 g/mol. The first-order valence-electron chi connectivity index (χ1n) is 7.83. The molecule has 8 heteroatoms. The Morgan fingerprint density at radius 2 is 1.64 bits per heavy atom. The Hall–Kier alpha value is -2.61. The van der Waals surface area contributed by atoms with Crippen LogP contribution in [0.2, 0.25) is 0 Å². The van der Waals surface area contributed by atoms with E-state index in [1.54, 1.807) is 12.1 Å². The molecule has 25 heavy (non-hydrogen) atoms. The van der Waals surface area contributed by atoms with Gasteiger partial charge in [-0.2, -0.15) is 0 Å². The van der Waals surface area contributed by atoms with Crippen molar-refractivity contribution >= 4 is 17.7 Å². The predicted octanol–water partition coefficient (Wildman–Crippen LogP) is 0.273. The number of nitrogens with one attached hydrogen (secondary N) is 3. The van der Waals surface area contributed by atoms with E-state index in [1.807, 2.05) is 17.6 Å². The van der Waals surface area contributed by atoms with Crippen molar-refractivity contribution in [2.45, 2.75) is 26.2 Å². The third kappa shape index (κ3) is 7.67. The SMILES string of the molecule is COCCNC(=O)C(=O)NNC(=O)COc1ccc(C(C)(C)C)cc1. The lowest BCUT2D eigenvalue weighted by molar-refractivity contribution is -0.141. The van der Waals surface area contributed by atoms with E-state index in [2.05, 4.69) is 31.5 Å². The minimum Gasteiger partial charge on any atom is -0.484 e. The molecule has 8 nitrogen and oxygen atoms in total. The lowest BCUT2D eigenvalue weighted by atomic mass is 9.87. The first-order chi connectivity index (χ1) is 11.7. The van der Waals surface area contributed by atoms with Gasteiger partial charge in [0.05, 0.1) is 6.61 Å². The summed E-state index contributed by atoms with van der Waals surface area (Å²) in [6, 6.07) is 7.41. The molecule has 0 unspecified atom stereocenters. The van der Waals surface area contributed by atoms with E-state index < -0.39 is 17.7 Å². The minimum absolute atomic E-state index is 0.0318. The predicted molar refractivity (Wildman–Crippen MR) is 91.8 cm³/mol. The molecule has 0 radical (unpaired) electrons. The number of amides is 3. The van der Waals surface area contributed by atoms with Crippen LogP contribution in [0.3, 0.4) is 0 Å². The third-order valence-corrected chi connectivity index (χ3v) is 3.20. The van der Waals surface area contributed by atoms with Gasteiger partial charge in [-0.3, -0.25) is 25.2 Å². The van der Waals surface area contributed by atoms with Gasteiger partial charge in [-0.25, -0.2) is 0 Å². The van der Waals surface area contributed by atoms with Gasteiger partial charge in [0.15, 0.2) is 6.61 Å². The van der Waals surface area contributed by atoms with Gasteiger partial charge in [0.25, 0.3) is 5.91 Å². The lowest BCUT2D eigenvalue weighted by Crippen LogP contribution is -2.50. The first kappa shape index (κ1) is 20.4. The largest absolute Gasteiger partial charge is 0.484 e. The second-order valence-electron chi connectivity index (χ2n) is 6.31. The molecule has 1 rings (SSSR count). The number of carbonyl (C=O) groups excluding carboxylic acids is 3. The van der Waals surface area contributed by atoms with Crippen molar-refractivity contribution in [2.24, 2.45) is 0 Å². The molecule has 0 aliphatic carbocycles. The molecule has 1 aromatic carbocycles. The van der Waals surface area contributed by atoms with E-state index in [-0.39, 0.29) is 25.2 Å². The fourth-order valence-corrected chi connectivity index (χ4v) is 1.77. The van der Waals surface area contributed by atoms with E-state index in [4.69, 9.17) is 9.47 Å². The maximum atomic E-state index is 11.6. The molecule has 0 aromatic heterocycles. The third-order valence-electron chi connectivity index (χ3n) is 3.20. The summed E-state index contributed by atoms with van der Waals surface area (Å²) >= 11 is 0. The summed E-state index contributed by atoms with van der Waals surface area (Å²) < 4.78 is 10.1. The van der Waals surface area contributed by atoms with Gasteiger partial charge in [-0.1, -0.05) is 32.9 Å². The molecular formula is C17H25N3O5. The maximum absolute atomic E-state index is 11.6. The molecule has 0 atom stereocenters. The smallest absolute Gasteiger partial charge is 0.327 e. The Morgan fingerprint density at radius 3 is 2.20 bits per heavy atom. The van der Waals surface area contributed by atoms with Crippen LogP contribution in [0.5, 0.6) is 5.75 Å². The summed E-state index contributed by atoms with van der Waals surface area (Å²) in [7, 11) is 1.48. The van der Waals surface area contributed by atoms with Crippen molar-refractivity contribution in [1.82, 2.24) is 16.2 Å². The molecule has 0 heterocycles. The van der Waals surface area contributed by atoms with Crippen molar-refractivity contribution in [3.05, 3.63) is 29.8 Å². The van der Waals surface area contributed by atoms with E-state index in [0.29, 0.717) is 5.75 Å². The number of carbonyl (C=O) groups is 3. The molecule has 0 saturated carbocycles. The number of methoxy groups -OCH3 is 1. The summed E-state index contributed by atoms with van der Waals surface area (Å²) in [5, 5.41) is 2.32. The standard InChI is InChI=1S/C17H25N3O5/c1-17(2,3)12-5-7-13(8-6-12)25-11-14(21)19-20-16(23)15(22)18-9-10-24-4/h5-8H,9-11H2,1-4H3,(H,18,22)(H,19,21)(H,20,23). The molecule has 0 fully saturated rings. The zero-order valence-electron chi connectivity index (χ0n) is 15.0. The molecular weight excluding hydrogens is 326 g/mol. The fourth-order valence-electron chi connectivity index (χ4n) is 1.77. The Bertz CT molecular complexity index is 593. The highest BCUT2D eigenvalue weighted by Crippen LogP contribution is 2.24. The Kier molecular flexibility index (Phi) is 7.87. The molecule has 3 N–H and O–H groups in total. The highest BCUT2D eigenvalue weighted by atomic mass is 16.5. The second kappa shape index (κ2) is 9.63. The van der Waals surface area contributed by atoms with E-state index >= 15 is 0 Å². The quantitative estimate of drug-likeness (QED) is 0.388. The maximum Gasteiger partial charge on any atom is 0.327 e. The van der Waals surface area contributed by atoms with Crippen molar-refractivity contribution in [2.75, 3.05) is 26.9 Å². The molecule has 0 bridgehead atoms. The van der Waals surface area contributed by atoms with Gasteiger partial charge in [0.2, 0.25) is 0 Å². The molecule has 3 amide bonds. The first-order valence-corrected chi connectivity index (χ1v) is 7.83. The summed E-state index contributed by atoms with van der Waals surface area (Å²) in [4.78, 5) is 34.4. The zero-order valence-corrected chi connectivity index (χ0v) is 15.0. The second-order valence-corrected chi connectivity index (χ2v) is 6.31. The van der Waals surface area contributed by atoms with Gasteiger partial charge in [0, 0.05) is 13.7 Å². The van der Waals surface area contributed by atoms with Crippen molar-refractivity contribution < 1.29 is 23.9 Å². The number of hydrogen-bond donors (Lipinski definition) is 3. The number of rotatable bonds is 6. The highest BCUT2D eigenvalue weighted by molar-refractivity contribution is 6.35. The summed E-state index contributed by atoms with van der Waals surface area (Å²) in [6.45, 7) is 6.50. The fraction of sp³-hybridized carbons (Fsp3) is 0.471. The minimum atomic E-state index is -0.973. The van der Waals surface area contributed by atoms with Crippen molar-refractivity contribution in [3.8, 4) is 5.75 Å². The van der Waals surface area contributed by atoms with Crippen LogP contribution in [-0.2, 0) is 24.5 Å². The zero-order chi connectivity index (χ0) is 18.9. The summed E-state index contributed by atoms with van der Waals surface area (Å²) in [6.07, 6.45) is 0. The van der Waals surface area contributed by atoms with Crippen LogP contribution in [0.4, 0.5) is 0 Å². The Morgan fingerprint density at radius 1 is 1.00 bits per heavy atom. The van der Waals surface area contributed by atoms with E-state index in [0.717, 1.165) is 5.56 Å². The number of hydrogen-bond acceptors (Lipinski definition) is 5. The van der Waals surface area contributed by atoms with Crippen LogP contribution in [0.1, 0.15) is 26.3 Å². The van der Waals surface area contributed by atoms with Crippen LogP contribution in [-0.4, -0.2) is 44.6 Å². The van der Waals surface area contributed by atoms with E-state index in [9.17, 15) is 14.4 Å². The van der Waals surface area contributed by atoms with Gasteiger partial charge in [-0.05, 0) is 23.1 Å². The van der Waals surface area contributed by atoms with Crippen LogP contribution < -0.4 is 20.9 Å². The van der Waals surface area contributed by atoms with Gasteiger partial charge in [-0.15, -0.1) is 0 Å². The Labute approximate surface area is 147 Å². The summed E-state index contributed by atoms with van der Waals surface area (Å²) in [5.41, 5.74) is 5.29. The molecule has 0 saturated heterocycles. The van der Waals surface area contributed by atoms with Gasteiger partial charge < -0.3 is 14.8 Å². The number of benzene rings is 1. The summed E-state index contributed by atoms with van der Waals surface area (Å²) in [5.74, 6) is -1.89. The van der Waals surface area contributed by atoms with Crippen molar-refractivity contribution in [3.63, 3.8) is 0 Å². The number of hydrazine groups is 1. The van der Waals surface area contributed by atoms with Crippen LogP contribution in [0, 0.1) is 0 Å². The van der Waals surface area contributed by atoms with Crippen LogP contribution in [0.15, 0.2) is 24.3 Å². The topological polar surface area (TPSA) is 106 Å². The molecule has 0 aliphatic rings. The van der Waals surface area contributed by atoms with E-state index in [1.165, 1.54) is 7.11 Å². The normalized spacial score (nSPS) is 10.7. The van der Waals surface area contributed by atoms with Crippen LogP contribution in [0.25, 0.3) is 0 Å². The molecule has 0 aliphatic heterocycles. The lowest BCUT2D eigenvalue weighted by Gasteiger charge is -2.19. The molecule has 0 spiro atoms. The van der Waals surface area contributed by atoms with Crippen molar-refractivity contribution in [1.29, 1.82) is 0 Å². The van der Waals surface area contributed by atoms with Gasteiger partial charge >= 0.3 is 11.8 Å². The molecule has 138 valence electrons. The number of ether oxygens (including phenoxy) is 2. The molecule has 1 aromatic rings. The van der Waals surface area contributed by atoms with Crippen LogP contribution >= 0.6 is 0 Å². The van der Waals surface area contributed by atoms with Gasteiger partial charge in [0.1, 0.15) is 5.75 Å². The average molecular weight is 351 g/mol. The Balaban J connectivity index is 2.33.